The number of nitrogens with zero attached hydrogens (tertiary/aromatic N) is 4. The number of aromatic nitrogens is 4. The Kier molecular flexibility index (Phi) is 3.02. The average molecular weight is 261 g/mol. The molecule has 1 amide bonds. The second-order valence-electron chi connectivity index (χ2n) is 4.73. The third kappa shape index (κ3) is 2.35. The minimum Gasteiger partial charge on any atom is -0.340 e. The van der Waals surface area contributed by atoms with Crippen LogP contribution in [0.4, 0.5) is 0 Å². The van der Waals surface area contributed by atoms with E-state index >= 15 is 0 Å². The fourth-order valence-electron chi connectivity index (χ4n) is 2.37. The molecule has 0 bridgehead atoms. The van der Waals surface area contributed by atoms with Crippen molar-refractivity contribution in [1.82, 2.24) is 25.2 Å². The molecule has 2 aromatic heterocycles. The van der Waals surface area contributed by atoms with Gasteiger partial charge in [0.25, 0.3) is 5.91 Å². The van der Waals surface area contributed by atoms with Crippen LogP contribution in [-0.2, 0) is 0 Å². The van der Waals surface area contributed by atoms with Gasteiger partial charge in [0.1, 0.15) is 0 Å². The van der Waals surface area contributed by atoms with Gasteiger partial charge in [-0.1, -0.05) is 5.16 Å². The van der Waals surface area contributed by atoms with Crippen molar-refractivity contribution in [1.29, 1.82) is 0 Å². The lowest BCUT2D eigenvalue weighted by molar-refractivity contribution is 0.0710. The van der Waals surface area contributed by atoms with E-state index in [1.807, 2.05) is 4.90 Å². The molecule has 1 fully saturated rings. The number of piperidine rings is 1. The van der Waals surface area contributed by atoms with Gasteiger partial charge < -0.3 is 9.42 Å². The normalized spacial score (nSPS) is 16.8. The molecule has 0 saturated carbocycles. The van der Waals surface area contributed by atoms with Crippen LogP contribution in [0.25, 0.3) is 0 Å². The Balaban J connectivity index is 1.62. The molecule has 1 aliphatic heterocycles. The van der Waals surface area contributed by atoms with E-state index < -0.39 is 0 Å². The molecular weight excluding hydrogens is 246 g/mol. The van der Waals surface area contributed by atoms with E-state index in [-0.39, 0.29) is 11.8 Å². The summed E-state index contributed by atoms with van der Waals surface area (Å²) >= 11 is 0. The van der Waals surface area contributed by atoms with E-state index in [0.717, 1.165) is 18.7 Å². The third-order valence-corrected chi connectivity index (χ3v) is 3.44. The molecule has 0 atom stereocenters. The summed E-state index contributed by atoms with van der Waals surface area (Å²) < 4.78 is 5.00. The number of hydrogen-bond acceptors (Lipinski definition) is 5. The van der Waals surface area contributed by atoms with Crippen molar-refractivity contribution >= 4 is 5.91 Å². The van der Waals surface area contributed by atoms with Crippen LogP contribution >= 0.6 is 0 Å². The summed E-state index contributed by atoms with van der Waals surface area (Å²) in [4.78, 5) is 18.2. The van der Waals surface area contributed by atoms with Crippen LogP contribution < -0.4 is 0 Å². The van der Waals surface area contributed by atoms with Crippen molar-refractivity contribution in [3.05, 3.63) is 29.7 Å². The zero-order chi connectivity index (χ0) is 13.2. The number of nitrogens with one attached hydrogen (secondary N) is 1. The lowest BCUT2D eigenvalue weighted by Crippen LogP contribution is -2.38. The largest absolute Gasteiger partial charge is 0.340 e. The van der Waals surface area contributed by atoms with E-state index in [2.05, 4.69) is 20.3 Å². The van der Waals surface area contributed by atoms with Crippen LogP contribution in [0.15, 0.2) is 16.9 Å². The minimum absolute atomic E-state index is 0.0245. The van der Waals surface area contributed by atoms with Crippen LogP contribution in [0.2, 0.25) is 0 Å². The highest BCUT2D eigenvalue weighted by Gasteiger charge is 2.27. The molecule has 7 heteroatoms. The van der Waals surface area contributed by atoms with Gasteiger partial charge in [0.2, 0.25) is 5.89 Å². The molecule has 2 aromatic rings. The maximum Gasteiger partial charge on any atom is 0.257 e. The summed E-state index contributed by atoms with van der Waals surface area (Å²) in [6.45, 7) is 3.21. The van der Waals surface area contributed by atoms with Gasteiger partial charge >= 0.3 is 0 Å². The highest BCUT2D eigenvalue weighted by molar-refractivity contribution is 5.93. The Morgan fingerprint density at radius 1 is 1.47 bits per heavy atom. The van der Waals surface area contributed by atoms with Crippen molar-refractivity contribution in [2.75, 3.05) is 13.1 Å². The number of hydrogen-bond donors (Lipinski definition) is 1. The first kappa shape index (κ1) is 11.9. The van der Waals surface area contributed by atoms with Gasteiger partial charge in [0.05, 0.1) is 11.8 Å². The number of aromatic amines is 1. The molecular formula is C12H15N5O2. The zero-order valence-electron chi connectivity index (χ0n) is 10.7. The van der Waals surface area contributed by atoms with E-state index in [4.69, 9.17) is 4.52 Å². The first-order valence-corrected chi connectivity index (χ1v) is 6.32. The minimum atomic E-state index is 0.0245. The Morgan fingerprint density at radius 2 is 2.26 bits per heavy atom. The van der Waals surface area contributed by atoms with Crippen molar-refractivity contribution in [3.8, 4) is 0 Å². The third-order valence-electron chi connectivity index (χ3n) is 3.44. The molecule has 19 heavy (non-hydrogen) atoms. The first-order chi connectivity index (χ1) is 9.24. The molecule has 7 nitrogen and oxygen atoms in total. The Morgan fingerprint density at radius 3 is 2.84 bits per heavy atom. The van der Waals surface area contributed by atoms with Crippen molar-refractivity contribution in [2.24, 2.45) is 0 Å². The number of carbonyl (C=O) groups is 1. The topological polar surface area (TPSA) is 87.9 Å². The second kappa shape index (κ2) is 4.83. The Bertz CT molecular complexity index is 554. The fourth-order valence-corrected chi connectivity index (χ4v) is 2.37. The average Bonchev–Trinajstić information content (AvgIpc) is 3.09. The van der Waals surface area contributed by atoms with E-state index in [0.29, 0.717) is 24.5 Å². The number of amides is 1. The molecule has 1 N–H and O–H groups in total. The molecule has 0 aliphatic carbocycles. The Labute approximate surface area is 110 Å². The fraction of sp³-hybridized carbons (Fsp3) is 0.500. The van der Waals surface area contributed by atoms with E-state index in [1.54, 1.807) is 19.3 Å². The van der Waals surface area contributed by atoms with Gasteiger partial charge in [-0.15, -0.1) is 0 Å². The number of aryl methyl sites for hydroxylation is 1. The lowest BCUT2D eigenvalue weighted by Gasteiger charge is -2.30. The highest BCUT2D eigenvalue weighted by atomic mass is 16.5. The summed E-state index contributed by atoms with van der Waals surface area (Å²) in [5, 5.41) is 10.4. The van der Waals surface area contributed by atoms with Crippen molar-refractivity contribution in [3.63, 3.8) is 0 Å². The second-order valence-corrected chi connectivity index (χ2v) is 4.73. The van der Waals surface area contributed by atoms with Crippen LogP contribution in [0.3, 0.4) is 0 Å². The highest BCUT2D eigenvalue weighted by Crippen LogP contribution is 2.26. The summed E-state index contributed by atoms with van der Waals surface area (Å²) in [6.07, 6.45) is 4.90. The molecule has 1 aliphatic rings. The van der Waals surface area contributed by atoms with Crippen molar-refractivity contribution < 1.29 is 9.32 Å². The SMILES string of the molecule is Cc1nc(C2CCN(C(=O)c3cn[nH]c3)CC2)no1. The quantitative estimate of drug-likeness (QED) is 0.875. The predicted octanol–water partition coefficient (Wildman–Crippen LogP) is 1.12. The van der Waals surface area contributed by atoms with Gasteiger partial charge in [0.15, 0.2) is 5.82 Å². The summed E-state index contributed by atoms with van der Waals surface area (Å²) in [5.74, 6) is 1.65. The van der Waals surface area contributed by atoms with Gasteiger partial charge in [-0.25, -0.2) is 0 Å². The standard InChI is InChI=1S/C12H15N5O2/c1-8-15-11(16-19-8)9-2-4-17(5-3-9)12(18)10-6-13-14-7-10/h6-7,9H,2-5H2,1H3,(H,13,14). The first-order valence-electron chi connectivity index (χ1n) is 6.32. The van der Waals surface area contributed by atoms with Crippen LogP contribution in [0.5, 0.6) is 0 Å². The molecule has 0 unspecified atom stereocenters. The lowest BCUT2D eigenvalue weighted by atomic mass is 9.96. The number of likely N-dealkylation sites (tertiary alicyclic amines) is 1. The van der Waals surface area contributed by atoms with Crippen LogP contribution in [0.1, 0.15) is 40.8 Å². The zero-order valence-corrected chi connectivity index (χ0v) is 10.7. The van der Waals surface area contributed by atoms with Crippen LogP contribution in [-0.4, -0.2) is 44.2 Å². The van der Waals surface area contributed by atoms with Gasteiger partial charge in [-0.2, -0.15) is 10.1 Å². The molecule has 0 aromatic carbocycles. The molecule has 100 valence electrons. The summed E-state index contributed by atoms with van der Waals surface area (Å²) in [6, 6.07) is 0. The van der Waals surface area contributed by atoms with E-state index in [1.165, 1.54) is 0 Å². The van der Waals surface area contributed by atoms with Gasteiger partial charge in [-0.3, -0.25) is 9.89 Å². The Hall–Kier alpha value is -2.18. The smallest absolute Gasteiger partial charge is 0.257 e. The molecule has 0 radical (unpaired) electrons. The van der Waals surface area contributed by atoms with Gasteiger partial charge in [-0.05, 0) is 12.8 Å². The molecule has 3 heterocycles. The maximum atomic E-state index is 12.1. The molecule has 0 spiro atoms. The van der Waals surface area contributed by atoms with Crippen molar-refractivity contribution in [2.45, 2.75) is 25.7 Å². The summed E-state index contributed by atoms with van der Waals surface area (Å²) in [7, 11) is 0. The monoisotopic (exact) mass is 261 g/mol. The maximum absolute atomic E-state index is 12.1. The van der Waals surface area contributed by atoms with E-state index in [9.17, 15) is 4.79 Å². The van der Waals surface area contributed by atoms with Crippen LogP contribution in [0, 0.1) is 6.92 Å². The molecule has 1 saturated heterocycles. The number of H-pyrrole nitrogens is 1. The summed E-state index contributed by atoms with van der Waals surface area (Å²) in [5.41, 5.74) is 0.605. The number of rotatable bonds is 2. The van der Waals surface area contributed by atoms with Gasteiger partial charge in [0, 0.05) is 32.1 Å². The predicted molar refractivity (Wildman–Crippen MR) is 65.5 cm³/mol. The number of carbonyl (C=O) groups excluding carboxylic acids is 1. The molecule has 3 rings (SSSR count).